The van der Waals surface area contributed by atoms with Crippen LogP contribution >= 0.6 is 11.6 Å². The third-order valence-electron chi connectivity index (χ3n) is 2.87. The van der Waals surface area contributed by atoms with Crippen molar-refractivity contribution in [3.63, 3.8) is 0 Å². The van der Waals surface area contributed by atoms with Gasteiger partial charge in [0.15, 0.2) is 0 Å². The number of rotatable bonds is 4. The molecule has 21 heavy (non-hydrogen) atoms. The molecule has 1 heterocycles. The van der Waals surface area contributed by atoms with Gasteiger partial charge in [-0.1, -0.05) is 12.1 Å². The molecule has 0 unspecified atom stereocenters. The first kappa shape index (κ1) is 15.6. The van der Waals surface area contributed by atoms with Crippen LogP contribution in [-0.2, 0) is 18.7 Å². The summed E-state index contributed by atoms with van der Waals surface area (Å²) in [4.78, 5) is 4.24. The number of halogens is 4. The molecule has 0 N–H and O–H groups in total. The van der Waals surface area contributed by atoms with E-state index in [1.165, 1.54) is 12.1 Å². The smallest absolute Gasteiger partial charge is 0.416 e. The summed E-state index contributed by atoms with van der Waals surface area (Å²) in [6.45, 7) is 2.00. The number of aromatic nitrogens is 1. The summed E-state index contributed by atoms with van der Waals surface area (Å²) >= 11 is 5.79. The molecule has 0 fully saturated rings. The van der Waals surface area contributed by atoms with Crippen molar-refractivity contribution in [2.45, 2.75) is 25.6 Å². The van der Waals surface area contributed by atoms with E-state index in [2.05, 4.69) is 4.98 Å². The Morgan fingerprint density at radius 1 is 1.10 bits per heavy atom. The summed E-state index contributed by atoms with van der Waals surface area (Å²) in [5.41, 5.74) is 1.41. The Morgan fingerprint density at radius 2 is 1.76 bits per heavy atom. The molecule has 0 aliphatic carbocycles. The topological polar surface area (TPSA) is 22.1 Å². The summed E-state index contributed by atoms with van der Waals surface area (Å²) in [5.74, 6) is 0.750. The third kappa shape index (κ3) is 4.11. The highest BCUT2D eigenvalue weighted by Crippen LogP contribution is 2.29. The van der Waals surface area contributed by atoms with Gasteiger partial charge in [0.1, 0.15) is 12.4 Å². The summed E-state index contributed by atoms with van der Waals surface area (Å²) < 4.78 is 42.9. The van der Waals surface area contributed by atoms with Gasteiger partial charge in [0, 0.05) is 5.69 Å². The number of nitrogens with zero attached hydrogens (tertiary/aromatic N) is 1. The molecular formula is C15H13ClF3NO. The average molecular weight is 316 g/mol. The maximum Gasteiger partial charge on any atom is 0.416 e. The molecule has 0 saturated heterocycles. The van der Waals surface area contributed by atoms with Crippen LogP contribution in [0.1, 0.15) is 22.5 Å². The van der Waals surface area contributed by atoms with Crippen LogP contribution in [0.25, 0.3) is 0 Å². The normalized spacial score (nSPS) is 11.5. The van der Waals surface area contributed by atoms with Gasteiger partial charge in [-0.25, -0.2) is 0 Å². The highest BCUT2D eigenvalue weighted by molar-refractivity contribution is 6.17. The maximum atomic E-state index is 12.5. The van der Waals surface area contributed by atoms with Crippen molar-refractivity contribution in [1.29, 1.82) is 0 Å². The first-order valence-corrected chi connectivity index (χ1v) is 6.75. The van der Waals surface area contributed by atoms with E-state index in [9.17, 15) is 13.2 Å². The van der Waals surface area contributed by atoms with Crippen molar-refractivity contribution in [3.05, 3.63) is 58.9 Å². The number of pyridine rings is 1. The molecule has 0 radical (unpaired) electrons. The summed E-state index contributed by atoms with van der Waals surface area (Å²) in [7, 11) is 0. The van der Waals surface area contributed by atoms with Crippen molar-refractivity contribution < 1.29 is 17.9 Å². The zero-order valence-electron chi connectivity index (χ0n) is 11.2. The van der Waals surface area contributed by atoms with E-state index in [1.54, 1.807) is 12.1 Å². The van der Waals surface area contributed by atoms with Crippen LogP contribution in [0, 0.1) is 6.92 Å². The van der Waals surface area contributed by atoms with Gasteiger partial charge in [0.25, 0.3) is 0 Å². The Morgan fingerprint density at radius 3 is 2.33 bits per heavy atom. The number of ether oxygens (including phenoxy) is 1. The fourth-order valence-corrected chi connectivity index (χ4v) is 1.97. The van der Waals surface area contributed by atoms with E-state index in [1.807, 2.05) is 6.92 Å². The predicted molar refractivity (Wildman–Crippen MR) is 74.3 cm³/mol. The number of alkyl halides is 4. The number of hydrogen-bond acceptors (Lipinski definition) is 2. The summed E-state index contributed by atoms with van der Waals surface area (Å²) in [6, 6.07) is 8.40. The van der Waals surface area contributed by atoms with Gasteiger partial charge in [-0.05, 0) is 36.8 Å². The maximum absolute atomic E-state index is 12.5. The molecule has 0 amide bonds. The number of benzene rings is 1. The molecule has 6 heteroatoms. The Balaban J connectivity index is 2.07. The van der Waals surface area contributed by atoms with E-state index in [-0.39, 0.29) is 12.5 Å². The number of hydrogen-bond donors (Lipinski definition) is 0. The largest absolute Gasteiger partial charge is 0.487 e. The summed E-state index contributed by atoms with van der Waals surface area (Å²) in [6.07, 6.45) is -4.33. The second-order valence-electron chi connectivity index (χ2n) is 4.51. The van der Waals surface area contributed by atoms with E-state index < -0.39 is 11.7 Å². The molecule has 1 aromatic carbocycles. The molecule has 1 aromatic heterocycles. The molecule has 112 valence electrons. The summed E-state index contributed by atoms with van der Waals surface area (Å²) in [5, 5.41) is 0. The average Bonchev–Trinajstić information content (AvgIpc) is 2.45. The highest BCUT2D eigenvalue weighted by Gasteiger charge is 2.29. The highest BCUT2D eigenvalue weighted by atomic mass is 35.5. The minimum absolute atomic E-state index is 0.159. The lowest BCUT2D eigenvalue weighted by Gasteiger charge is -2.11. The molecule has 2 nitrogen and oxygen atoms in total. The third-order valence-corrected chi connectivity index (χ3v) is 3.13. The Labute approximate surface area is 125 Å². The van der Waals surface area contributed by atoms with Crippen LogP contribution < -0.4 is 4.74 Å². The van der Waals surface area contributed by atoms with Gasteiger partial charge in [-0.2, -0.15) is 13.2 Å². The SMILES string of the molecule is Cc1ccc(OCc2ccc(C(F)(F)F)cc2)c(CCl)n1. The van der Waals surface area contributed by atoms with Gasteiger partial charge in [-0.15, -0.1) is 11.6 Å². The molecule has 0 spiro atoms. The van der Waals surface area contributed by atoms with Gasteiger partial charge in [0.05, 0.1) is 17.1 Å². The van der Waals surface area contributed by atoms with Crippen LogP contribution in [-0.4, -0.2) is 4.98 Å². The second-order valence-corrected chi connectivity index (χ2v) is 4.78. The predicted octanol–water partition coefficient (Wildman–Crippen LogP) is 4.73. The van der Waals surface area contributed by atoms with E-state index >= 15 is 0 Å². The zero-order chi connectivity index (χ0) is 15.5. The molecule has 2 aromatic rings. The quantitative estimate of drug-likeness (QED) is 0.761. The standard InChI is InChI=1S/C15H13ClF3NO/c1-10-2-7-14(13(8-16)20-10)21-9-11-3-5-12(6-4-11)15(17,18)19/h2-7H,8-9H2,1H3. The van der Waals surface area contributed by atoms with Gasteiger partial charge >= 0.3 is 6.18 Å². The van der Waals surface area contributed by atoms with Crippen molar-refractivity contribution in [2.24, 2.45) is 0 Å². The second kappa shape index (κ2) is 6.35. The van der Waals surface area contributed by atoms with Crippen molar-refractivity contribution >= 4 is 11.6 Å². The van der Waals surface area contributed by atoms with Crippen LogP contribution in [0.5, 0.6) is 5.75 Å². The fraction of sp³-hybridized carbons (Fsp3) is 0.267. The molecule has 0 atom stereocenters. The Kier molecular flexibility index (Phi) is 4.73. The lowest BCUT2D eigenvalue weighted by Crippen LogP contribution is -2.05. The Hall–Kier alpha value is -1.75. The fourth-order valence-electron chi connectivity index (χ4n) is 1.78. The van der Waals surface area contributed by atoms with E-state index in [0.717, 1.165) is 17.8 Å². The molecule has 2 rings (SSSR count). The van der Waals surface area contributed by atoms with E-state index in [4.69, 9.17) is 16.3 Å². The molecule has 0 aliphatic heterocycles. The first-order valence-electron chi connectivity index (χ1n) is 6.21. The van der Waals surface area contributed by atoms with Crippen molar-refractivity contribution in [1.82, 2.24) is 4.98 Å². The monoisotopic (exact) mass is 315 g/mol. The minimum Gasteiger partial charge on any atom is -0.487 e. The van der Waals surface area contributed by atoms with Gasteiger partial charge < -0.3 is 4.74 Å². The molecule has 0 aliphatic rings. The van der Waals surface area contributed by atoms with Crippen molar-refractivity contribution in [3.8, 4) is 5.75 Å². The molecular weight excluding hydrogens is 303 g/mol. The first-order chi connectivity index (χ1) is 9.90. The van der Waals surface area contributed by atoms with Crippen LogP contribution in [0.15, 0.2) is 36.4 Å². The lowest BCUT2D eigenvalue weighted by molar-refractivity contribution is -0.137. The van der Waals surface area contributed by atoms with Gasteiger partial charge in [0.2, 0.25) is 0 Å². The number of aryl methyl sites for hydroxylation is 1. The molecule has 0 bridgehead atoms. The van der Waals surface area contributed by atoms with E-state index in [0.29, 0.717) is 17.0 Å². The lowest BCUT2D eigenvalue weighted by atomic mass is 10.1. The molecule has 0 saturated carbocycles. The Bertz CT molecular complexity index is 611. The van der Waals surface area contributed by atoms with Gasteiger partial charge in [-0.3, -0.25) is 4.98 Å². The minimum atomic E-state index is -4.33. The van der Waals surface area contributed by atoms with Crippen LogP contribution in [0.4, 0.5) is 13.2 Å². The van der Waals surface area contributed by atoms with Crippen molar-refractivity contribution in [2.75, 3.05) is 0 Å². The van der Waals surface area contributed by atoms with Crippen LogP contribution in [0.3, 0.4) is 0 Å². The zero-order valence-corrected chi connectivity index (χ0v) is 12.0. The van der Waals surface area contributed by atoms with Crippen LogP contribution in [0.2, 0.25) is 0 Å².